The number of fused-ring (bicyclic) bond motifs is 2. The average molecular weight is 1040 g/mol. The summed E-state index contributed by atoms with van der Waals surface area (Å²) in [5, 5.41) is 14.9. The Hall–Kier alpha value is -2.73. The van der Waals surface area contributed by atoms with Crippen molar-refractivity contribution in [2.45, 2.75) is 223 Å². The molecular formula is C60H92O9Si3. The minimum atomic E-state index is -2.73. The summed E-state index contributed by atoms with van der Waals surface area (Å²) in [5.74, 6) is -0.0302. The van der Waals surface area contributed by atoms with Gasteiger partial charge in [-0.3, -0.25) is 0 Å². The Morgan fingerprint density at radius 2 is 1.33 bits per heavy atom. The molecule has 12 heteroatoms. The molecule has 0 amide bonds. The molecule has 2 bridgehead atoms. The van der Waals surface area contributed by atoms with Gasteiger partial charge in [-0.2, -0.15) is 0 Å². The first-order chi connectivity index (χ1) is 33.5. The zero-order valence-electron chi connectivity index (χ0n) is 47.0. The molecule has 0 radical (unpaired) electrons. The molecule has 0 spiro atoms. The van der Waals surface area contributed by atoms with Gasteiger partial charge in [0.05, 0.1) is 30.0 Å². The minimum absolute atomic E-state index is 0.0412. The number of aliphatic hydroxyl groups is 1. The summed E-state index contributed by atoms with van der Waals surface area (Å²) in [6.45, 7) is 37.6. The van der Waals surface area contributed by atoms with Crippen molar-refractivity contribution in [3.05, 3.63) is 121 Å². The van der Waals surface area contributed by atoms with Gasteiger partial charge < -0.3 is 42.1 Å². The van der Waals surface area contributed by atoms with E-state index in [0.717, 1.165) is 37.0 Å². The van der Waals surface area contributed by atoms with E-state index in [0.29, 0.717) is 32.7 Å². The Morgan fingerprint density at radius 3 is 1.90 bits per heavy atom. The SMILES string of the molecule is C[C@@H](CO[Si](c1ccccc1)(c1ccccc1)C(C)(C)C)[C@@H]1CCC=C(/C=C/[C@@H](O)[C@H](O[Si](C)(C)C(C)(C)C)[C@@]2(C)C[C@@H](O[Si](C)(C)C(C)(C)C)[C@@H]([C@H]3C[C@]4(C)CC[C@](COCc5ccccc5)(O3)O4)O2)O1. The second kappa shape index (κ2) is 21.7. The van der Waals surface area contributed by atoms with Crippen molar-refractivity contribution in [3.8, 4) is 0 Å². The van der Waals surface area contributed by atoms with Crippen LogP contribution in [0.25, 0.3) is 0 Å². The maximum absolute atomic E-state index is 12.7. The molecule has 7 rings (SSSR count). The second-order valence-corrected chi connectivity index (χ2v) is 40.1. The van der Waals surface area contributed by atoms with E-state index in [1.54, 1.807) is 0 Å². The van der Waals surface area contributed by atoms with E-state index >= 15 is 0 Å². The molecule has 3 aromatic rings. The van der Waals surface area contributed by atoms with E-state index in [4.69, 9.17) is 37.0 Å². The summed E-state index contributed by atoms with van der Waals surface area (Å²) in [7, 11) is -7.56. The highest BCUT2D eigenvalue weighted by Crippen LogP contribution is 2.53. The van der Waals surface area contributed by atoms with Gasteiger partial charge in [-0.1, -0.05) is 160 Å². The highest BCUT2D eigenvalue weighted by molar-refractivity contribution is 6.99. The molecule has 0 saturated carbocycles. The lowest BCUT2D eigenvalue weighted by atomic mass is 9.88. The Bertz CT molecular complexity index is 2250. The third-order valence-electron chi connectivity index (χ3n) is 17.2. The number of allylic oxidation sites excluding steroid dienone is 2. The first-order valence-electron chi connectivity index (χ1n) is 27.0. The van der Waals surface area contributed by atoms with Crippen molar-refractivity contribution in [1.29, 1.82) is 0 Å². The molecule has 0 unspecified atom stereocenters. The van der Waals surface area contributed by atoms with Gasteiger partial charge in [-0.25, -0.2) is 0 Å². The van der Waals surface area contributed by atoms with Crippen molar-refractivity contribution in [1.82, 2.24) is 0 Å². The van der Waals surface area contributed by atoms with E-state index in [-0.39, 0.29) is 39.3 Å². The first kappa shape index (κ1) is 57.0. The number of ether oxygens (including phenoxy) is 5. The van der Waals surface area contributed by atoms with Crippen LogP contribution >= 0.6 is 0 Å². The highest BCUT2D eigenvalue weighted by atomic mass is 28.4. The molecule has 4 aliphatic heterocycles. The molecule has 4 aliphatic rings. The molecule has 72 heavy (non-hydrogen) atoms. The monoisotopic (exact) mass is 1040 g/mol. The molecule has 0 aromatic heterocycles. The molecule has 9 nitrogen and oxygen atoms in total. The zero-order valence-corrected chi connectivity index (χ0v) is 50.0. The van der Waals surface area contributed by atoms with Gasteiger partial charge in [-0.15, -0.1) is 0 Å². The third kappa shape index (κ3) is 12.6. The smallest absolute Gasteiger partial charge is 0.261 e. The van der Waals surface area contributed by atoms with E-state index in [1.807, 2.05) is 30.4 Å². The number of rotatable bonds is 19. The summed E-state index contributed by atoms with van der Waals surface area (Å²) in [4.78, 5) is 0. The Morgan fingerprint density at radius 1 is 0.750 bits per heavy atom. The van der Waals surface area contributed by atoms with E-state index in [1.165, 1.54) is 10.4 Å². The molecule has 3 fully saturated rings. The van der Waals surface area contributed by atoms with Crippen LogP contribution in [0.1, 0.15) is 127 Å². The van der Waals surface area contributed by atoms with Gasteiger partial charge in [0.2, 0.25) is 0 Å². The van der Waals surface area contributed by atoms with E-state index in [2.05, 4.69) is 188 Å². The second-order valence-electron chi connectivity index (χ2n) is 26.3. The lowest BCUT2D eigenvalue weighted by Crippen LogP contribution is -2.67. The fraction of sp³-hybridized carbons (Fsp3) is 0.633. The third-order valence-corrected chi connectivity index (χ3v) is 31.2. The van der Waals surface area contributed by atoms with Crippen LogP contribution in [0.15, 0.2) is 115 Å². The van der Waals surface area contributed by atoms with E-state index in [9.17, 15) is 5.11 Å². The van der Waals surface area contributed by atoms with Gasteiger partial charge in [0.15, 0.2) is 22.4 Å². The summed E-state index contributed by atoms with van der Waals surface area (Å²) >= 11 is 0. The molecule has 0 aliphatic carbocycles. The standard InChI is InChI=1S/C60H92O9Si3/c1-44(41-63-72(57(8,9)10,47-30-22-18-23-31-47)48-32-24-19-25-33-48)50-34-26-29-46(64-50)35-36-49(61)54(68-71(15,16)56(5,6)7)59(12)40-52(67-70(13,14)55(2,3)4)53(66-59)51-39-58(11)37-38-60(65-51,69-58)43-62-42-45-27-20-17-21-28-45/h17-25,27-33,35-36,44,49-54,61H,26,34,37-43H2,1-16H3/b36-35+/t44-,49+,50-,51+,52+,53+,54-,58-,59+,60-/m0/s1. The van der Waals surface area contributed by atoms with Crippen molar-refractivity contribution in [2.24, 2.45) is 5.92 Å². The highest BCUT2D eigenvalue weighted by Gasteiger charge is 2.62. The number of aliphatic hydroxyl groups excluding tert-OH is 1. The molecular weight excluding hydrogens is 949 g/mol. The maximum atomic E-state index is 12.7. The Kier molecular flexibility index (Phi) is 17.2. The molecule has 3 aromatic carbocycles. The topological polar surface area (TPSA) is 94.1 Å². The van der Waals surface area contributed by atoms with Crippen molar-refractivity contribution in [3.63, 3.8) is 0 Å². The predicted octanol–water partition coefficient (Wildman–Crippen LogP) is 12.8. The van der Waals surface area contributed by atoms with Crippen LogP contribution in [0.5, 0.6) is 0 Å². The quantitative estimate of drug-likeness (QED) is 0.118. The lowest BCUT2D eigenvalue weighted by molar-refractivity contribution is -0.343. The van der Waals surface area contributed by atoms with E-state index < -0.39 is 60.3 Å². The van der Waals surface area contributed by atoms with Gasteiger partial charge in [0.1, 0.15) is 36.8 Å². The van der Waals surface area contributed by atoms with Crippen LogP contribution in [0, 0.1) is 5.92 Å². The average Bonchev–Trinajstić information content (AvgIpc) is 3.77. The van der Waals surface area contributed by atoms with Crippen molar-refractivity contribution >= 4 is 35.3 Å². The van der Waals surface area contributed by atoms with Crippen molar-refractivity contribution in [2.75, 3.05) is 13.2 Å². The van der Waals surface area contributed by atoms with Gasteiger partial charge in [0, 0.05) is 31.8 Å². The summed E-state index contributed by atoms with van der Waals surface area (Å²) < 4.78 is 56.8. The Labute approximate surface area is 438 Å². The van der Waals surface area contributed by atoms with Crippen LogP contribution in [0.2, 0.25) is 41.3 Å². The predicted molar refractivity (Wildman–Crippen MR) is 299 cm³/mol. The number of hydrogen-bond acceptors (Lipinski definition) is 9. The van der Waals surface area contributed by atoms with Crippen LogP contribution in [-0.2, 0) is 43.6 Å². The molecule has 398 valence electrons. The maximum Gasteiger partial charge on any atom is 0.261 e. The molecule has 10 atom stereocenters. The van der Waals surface area contributed by atoms with Crippen LogP contribution in [0.3, 0.4) is 0 Å². The molecule has 4 heterocycles. The fourth-order valence-corrected chi connectivity index (χ4v) is 18.3. The van der Waals surface area contributed by atoms with Crippen LogP contribution in [0.4, 0.5) is 0 Å². The van der Waals surface area contributed by atoms with Crippen LogP contribution < -0.4 is 10.4 Å². The number of benzene rings is 3. The van der Waals surface area contributed by atoms with Gasteiger partial charge in [-0.05, 0) is 109 Å². The lowest BCUT2D eigenvalue weighted by Gasteiger charge is -2.47. The summed E-state index contributed by atoms with van der Waals surface area (Å²) in [6.07, 6.45) is 7.67. The molecule has 3 saturated heterocycles. The summed E-state index contributed by atoms with van der Waals surface area (Å²) in [6, 6.07) is 31.9. The fourth-order valence-electron chi connectivity index (χ4n) is 11.0. The minimum Gasteiger partial charge on any atom is -0.490 e. The van der Waals surface area contributed by atoms with Crippen molar-refractivity contribution < 1.29 is 42.1 Å². The number of hydrogen-bond donors (Lipinski definition) is 1. The normalized spacial score (nSPS) is 28.9. The Balaban J connectivity index is 1.13. The van der Waals surface area contributed by atoms with Gasteiger partial charge >= 0.3 is 0 Å². The first-order valence-corrected chi connectivity index (χ1v) is 34.7. The van der Waals surface area contributed by atoms with Crippen LogP contribution in [-0.4, -0.2) is 96.9 Å². The van der Waals surface area contributed by atoms with Gasteiger partial charge in [0.25, 0.3) is 8.32 Å². The largest absolute Gasteiger partial charge is 0.490 e. The summed E-state index contributed by atoms with van der Waals surface area (Å²) in [5.41, 5.74) is -0.233. The zero-order chi connectivity index (χ0) is 52.6. The molecule has 1 N–H and O–H groups in total.